The molecular formula is C26H34ClF. The van der Waals surface area contributed by atoms with Gasteiger partial charge in [0.2, 0.25) is 0 Å². The standard InChI is InChI=1S/C26H34ClF/c1-2-3-4-5-6-18-7-8-20-16-21(10-9-19(20)15-18)22-11-13-24-23(17-22)12-14-25(27)26(24)28/h11-14,17-21H,2-10,15-16H2,1H3. The van der Waals surface area contributed by atoms with Crippen LogP contribution in [-0.4, -0.2) is 0 Å². The van der Waals surface area contributed by atoms with E-state index in [9.17, 15) is 4.39 Å². The van der Waals surface area contributed by atoms with Gasteiger partial charge in [-0.15, -0.1) is 0 Å². The lowest BCUT2D eigenvalue weighted by molar-refractivity contribution is 0.113. The maximum atomic E-state index is 14.2. The fraction of sp³-hybridized carbons (Fsp3) is 0.615. The molecule has 0 aliphatic heterocycles. The Morgan fingerprint density at radius 2 is 1.75 bits per heavy atom. The lowest BCUT2D eigenvalue weighted by Gasteiger charge is -2.42. The van der Waals surface area contributed by atoms with Crippen molar-refractivity contribution in [2.45, 2.75) is 83.5 Å². The van der Waals surface area contributed by atoms with Crippen LogP contribution >= 0.6 is 11.6 Å². The molecule has 0 spiro atoms. The highest BCUT2D eigenvalue weighted by Crippen LogP contribution is 2.48. The zero-order valence-electron chi connectivity index (χ0n) is 17.2. The third kappa shape index (κ3) is 4.40. The summed E-state index contributed by atoms with van der Waals surface area (Å²) < 4.78 is 14.2. The summed E-state index contributed by atoms with van der Waals surface area (Å²) in [5.41, 5.74) is 1.40. The zero-order chi connectivity index (χ0) is 19.5. The normalized spacial score (nSPS) is 27.7. The molecule has 0 bridgehead atoms. The van der Waals surface area contributed by atoms with Gasteiger partial charge < -0.3 is 0 Å². The number of fused-ring (bicyclic) bond motifs is 2. The molecule has 2 saturated carbocycles. The molecule has 0 heterocycles. The van der Waals surface area contributed by atoms with E-state index in [1.165, 1.54) is 76.2 Å². The first kappa shape index (κ1) is 20.2. The van der Waals surface area contributed by atoms with E-state index in [0.29, 0.717) is 11.3 Å². The van der Waals surface area contributed by atoms with Gasteiger partial charge in [-0.25, -0.2) is 4.39 Å². The third-order valence-corrected chi connectivity index (χ3v) is 7.88. The van der Waals surface area contributed by atoms with E-state index in [2.05, 4.69) is 19.1 Å². The van der Waals surface area contributed by atoms with Crippen molar-refractivity contribution in [3.63, 3.8) is 0 Å². The number of unbranched alkanes of at least 4 members (excludes halogenated alkanes) is 3. The summed E-state index contributed by atoms with van der Waals surface area (Å²) in [7, 11) is 0. The highest BCUT2D eigenvalue weighted by Gasteiger charge is 2.35. The van der Waals surface area contributed by atoms with Crippen LogP contribution in [-0.2, 0) is 0 Å². The first-order chi connectivity index (χ1) is 13.7. The summed E-state index contributed by atoms with van der Waals surface area (Å²) in [6, 6.07) is 9.93. The zero-order valence-corrected chi connectivity index (χ0v) is 18.0. The summed E-state index contributed by atoms with van der Waals surface area (Å²) in [5, 5.41) is 1.85. The van der Waals surface area contributed by atoms with E-state index in [4.69, 9.17) is 11.6 Å². The minimum absolute atomic E-state index is 0.215. The van der Waals surface area contributed by atoms with Crippen LogP contribution in [0.2, 0.25) is 5.02 Å². The van der Waals surface area contributed by atoms with E-state index in [1.54, 1.807) is 6.07 Å². The van der Waals surface area contributed by atoms with Crippen LogP contribution in [0.4, 0.5) is 4.39 Å². The molecule has 2 aromatic carbocycles. The van der Waals surface area contributed by atoms with Gasteiger partial charge in [-0.3, -0.25) is 0 Å². The Hall–Kier alpha value is -1.08. The molecule has 152 valence electrons. The lowest BCUT2D eigenvalue weighted by Crippen LogP contribution is -2.30. The predicted molar refractivity (Wildman–Crippen MR) is 119 cm³/mol. The van der Waals surface area contributed by atoms with Crippen LogP contribution in [0.5, 0.6) is 0 Å². The van der Waals surface area contributed by atoms with Crippen LogP contribution in [0.3, 0.4) is 0 Å². The SMILES string of the molecule is CCCCCCC1CCC2CC(c3ccc4c(F)c(Cl)ccc4c3)CCC2C1. The minimum atomic E-state index is -0.285. The Labute approximate surface area is 174 Å². The number of benzene rings is 2. The van der Waals surface area contributed by atoms with Crippen LogP contribution in [0.15, 0.2) is 30.3 Å². The Bertz CT molecular complexity index is 798. The van der Waals surface area contributed by atoms with Gasteiger partial charge in [-0.2, -0.15) is 0 Å². The van der Waals surface area contributed by atoms with Crippen molar-refractivity contribution in [3.05, 3.63) is 46.7 Å². The molecule has 2 aliphatic carbocycles. The smallest absolute Gasteiger partial charge is 0.149 e. The number of halogens is 2. The predicted octanol–water partition coefficient (Wildman–Crippen LogP) is 8.90. The molecule has 2 aliphatic rings. The average molecular weight is 401 g/mol. The summed E-state index contributed by atoms with van der Waals surface area (Å²) >= 11 is 5.94. The Kier molecular flexibility index (Phi) is 6.61. The Morgan fingerprint density at radius 1 is 0.929 bits per heavy atom. The Balaban J connectivity index is 1.37. The second-order valence-electron chi connectivity index (χ2n) is 9.40. The molecule has 4 rings (SSSR count). The maximum Gasteiger partial charge on any atom is 0.149 e. The molecule has 0 saturated heterocycles. The van der Waals surface area contributed by atoms with Crippen molar-refractivity contribution in [3.8, 4) is 0 Å². The summed E-state index contributed by atoms with van der Waals surface area (Å²) in [6.45, 7) is 2.30. The van der Waals surface area contributed by atoms with Gasteiger partial charge in [0, 0.05) is 5.39 Å². The van der Waals surface area contributed by atoms with E-state index in [-0.39, 0.29) is 10.8 Å². The summed E-state index contributed by atoms with van der Waals surface area (Å²) in [4.78, 5) is 0. The van der Waals surface area contributed by atoms with Crippen LogP contribution in [0.1, 0.15) is 89.0 Å². The topological polar surface area (TPSA) is 0 Å². The molecule has 0 nitrogen and oxygen atoms in total. The minimum Gasteiger partial charge on any atom is -0.205 e. The number of rotatable bonds is 6. The molecule has 2 heteroatoms. The molecule has 4 unspecified atom stereocenters. The second kappa shape index (κ2) is 9.16. The van der Waals surface area contributed by atoms with Crippen molar-refractivity contribution >= 4 is 22.4 Å². The fourth-order valence-electron chi connectivity index (χ4n) is 5.95. The molecule has 4 atom stereocenters. The van der Waals surface area contributed by atoms with E-state index in [0.717, 1.165) is 23.1 Å². The van der Waals surface area contributed by atoms with Gasteiger partial charge in [0.25, 0.3) is 0 Å². The van der Waals surface area contributed by atoms with E-state index in [1.807, 2.05) is 12.1 Å². The highest BCUT2D eigenvalue weighted by atomic mass is 35.5. The largest absolute Gasteiger partial charge is 0.205 e. The molecule has 0 aromatic heterocycles. The monoisotopic (exact) mass is 400 g/mol. The van der Waals surface area contributed by atoms with E-state index < -0.39 is 0 Å². The first-order valence-electron chi connectivity index (χ1n) is 11.5. The molecule has 0 amide bonds. The van der Waals surface area contributed by atoms with Crippen LogP contribution in [0, 0.1) is 23.6 Å². The number of hydrogen-bond acceptors (Lipinski definition) is 0. The molecular weight excluding hydrogens is 367 g/mol. The van der Waals surface area contributed by atoms with E-state index >= 15 is 0 Å². The van der Waals surface area contributed by atoms with Crippen molar-refractivity contribution in [1.29, 1.82) is 0 Å². The maximum absolute atomic E-state index is 14.2. The first-order valence-corrected chi connectivity index (χ1v) is 11.9. The molecule has 2 aromatic rings. The van der Waals surface area contributed by atoms with Gasteiger partial charge in [0.1, 0.15) is 5.82 Å². The van der Waals surface area contributed by atoms with Gasteiger partial charge in [0.05, 0.1) is 5.02 Å². The average Bonchev–Trinajstić information content (AvgIpc) is 2.73. The Morgan fingerprint density at radius 3 is 2.61 bits per heavy atom. The quantitative estimate of drug-likeness (QED) is 0.424. The van der Waals surface area contributed by atoms with Crippen molar-refractivity contribution in [1.82, 2.24) is 0 Å². The van der Waals surface area contributed by atoms with Gasteiger partial charge in [0.15, 0.2) is 0 Å². The number of hydrogen-bond donors (Lipinski definition) is 0. The summed E-state index contributed by atoms with van der Waals surface area (Å²) in [5.74, 6) is 3.21. The van der Waals surface area contributed by atoms with Crippen molar-refractivity contribution in [2.24, 2.45) is 17.8 Å². The van der Waals surface area contributed by atoms with Crippen molar-refractivity contribution < 1.29 is 4.39 Å². The van der Waals surface area contributed by atoms with Gasteiger partial charge in [-0.1, -0.05) is 81.3 Å². The lowest BCUT2D eigenvalue weighted by atomic mass is 9.63. The molecule has 0 radical (unpaired) electrons. The molecule has 28 heavy (non-hydrogen) atoms. The van der Waals surface area contributed by atoms with Crippen LogP contribution < -0.4 is 0 Å². The fourth-order valence-corrected chi connectivity index (χ4v) is 6.11. The molecule has 0 N–H and O–H groups in total. The van der Waals surface area contributed by atoms with Gasteiger partial charge >= 0.3 is 0 Å². The third-order valence-electron chi connectivity index (χ3n) is 7.59. The van der Waals surface area contributed by atoms with Gasteiger partial charge in [-0.05, 0) is 72.8 Å². The van der Waals surface area contributed by atoms with Crippen molar-refractivity contribution in [2.75, 3.05) is 0 Å². The highest BCUT2D eigenvalue weighted by molar-refractivity contribution is 6.31. The summed E-state index contributed by atoms with van der Waals surface area (Å²) in [6.07, 6.45) is 15.4. The second-order valence-corrected chi connectivity index (χ2v) is 9.81. The van der Waals surface area contributed by atoms with Crippen LogP contribution in [0.25, 0.3) is 10.8 Å². The molecule has 2 fully saturated rings.